The Hall–Kier alpha value is -1.27. The molecule has 2 rings (SSSR count). The standard InChI is InChI=1S/C11H9FN2OS2/c1-2-10-13-11(17-14-10)16-9-4-3-8(12)5-7(9)6-15/h3-6H,2H2,1H3. The van der Waals surface area contributed by atoms with Crippen molar-refractivity contribution in [2.45, 2.75) is 22.6 Å². The maximum Gasteiger partial charge on any atom is 0.174 e. The molecule has 0 unspecified atom stereocenters. The average Bonchev–Trinajstić information content (AvgIpc) is 2.79. The minimum absolute atomic E-state index is 0.336. The Bertz CT molecular complexity index is 542. The van der Waals surface area contributed by atoms with E-state index in [0.29, 0.717) is 16.7 Å². The van der Waals surface area contributed by atoms with Gasteiger partial charge in [-0.25, -0.2) is 9.37 Å². The topological polar surface area (TPSA) is 42.9 Å². The predicted octanol–water partition coefficient (Wildman–Crippen LogP) is 3.20. The molecule has 0 amide bonds. The summed E-state index contributed by atoms with van der Waals surface area (Å²) in [7, 11) is 0. The molecule has 0 aliphatic carbocycles. The van der Waals surface area contributed by atoms with Crippen LogP contribution in [-0.2, 0) is 6.42 Å². The Morgan fingerprint density at radius 2 is 2.35 bits per heavy atom. The van der Waals surface area contributed by atoms with Crippen molar-refractivity contribution in [2.75, 3.05) is 0 Å². The van der Waals surface area contributed by atoms with Crippen LogP contribution in [0.15, 0.2) is 27.4 Å². The summed E-state index contributed by atoms with van der Waals surface area (Å²) >= 11 is 2.62. The number of benzene rings is 1. The lowest BCUT2D eigenvalue weighted by Gasteiger charge is -2.00. The third-order valence-electron chi connectivity index (χ3n) is 2.06. The number of aromatic nitrogens is 2. The molecule has 0 aliphatic heterocycles. The zero-order valence-electron chi connectivity index (χ0n) is 9.01. The number of halogens is 1. The Morgan fingerprint density at radius 1 is 1.53 bits per heavy atom. The highest BCUT2D eigenvalue weighted by Gasteiger charge is 2.09. The lowest BCUT2D eigenvalue weighted by Crippen LogP contribution is -1.87. The number of hydrogen-bond donors (Lipinski definition) is 0. The van der Waals surface area contributed by atoms with Gasteiger partial charge in [0, 0.05) is 16.9 Å². The SMILES string of the molecule is CCc1nsc(Sc2ccc(F)cc2C=O)n1. The Balaban J connectivity index is 2.26. The number of rotatable bonds is 4. The lowest BCUT2D eigenvalue weighted by molar-refractivity contribution is 0.112. The fraction of sp³-hybridized carbons (Fsp3) is 0.182. The van der Waals surface area contributed by atoms with Crippen LogP contribution in [0.3, 0.4) is 0 Å². The molecule has 6 heteroatoms. The summed E-state index contributed by atoms with van der Waals surface area (Å²) in [5.41, 5.74) is 0.336. The van der Waals surface area contributed by atoms with Gasteiger partial charge in [0.2, 0.25) is 0 Å². The molecule has 0 bridgehead atoms. The molecule has 0 radical (unpaired) electrons. The van der Waals surface area contributed by atoms with Gasteiger partial charge in [0.25, 0.3) is 0 Å². The normalized spacial score (nSPS) is 10.5. The van der Waals surface area contributed by atoms with E-state index in [9.17, 15) is 9.18 Å². The Labute approximate surface area is 106 Å². The molecule has 0 N–H and O–H groups in total. The molecule has 1 aromatic heterocycles. The number of nitrogens with zero attached hydrogens (tertiary/aromatic N) is 2. The summed E-state index contributed by atoms with van der Waals surface area (Å²) in [5.74, 6) is 0.371. The molecule has 0 saturated heterocycles. The molecule has 1 aromatic carbocycles. The monoisotopic (exact) mass is 268 g/mol. The molecule has 17 heavy (non-hydrogen) atoms. The number of hydrogen-bond acceptors (Lipinski definition) is 5. The predicted molar refractivity (Wildman–Crippen MR) is 65.2 cm³/mol. The highest BCUT2D eigenvalue weighted by Crippen LogP contribution is 2.31. The summed E-state index contributed by atoms with van der Waals surface area (Å²) in [6.07, 6.45) is 1.42. The minimum Gasteiger partial charge on any atom is -0.298 e. The number of carbonyl (C=O) groups excluding carboxylic acids is 1. The molecule has 0 saturated carbocycles. The van der Waals surface area contributed by atoms with E-state index in [1.54, 1.807) is 6.07 Å². The molecule has 0 fully saturated rings. The largest absolute Gasteiger partial charge is 0.298 e. The van der Waals surface area contributed by atoms with Crippen molar-refractivity contribution in [1.82, 2.24) is 9.36 Å². The van der Waals surface area contributed by atoms with Gasteiger partial charge in [-0.2, -0.15) is 4.37 Å². The van der Waals surface area contributed by atoms with E-state index in [4.69, 9.17) is 0 Å². The van der Waals surface area contributed by atoms with E-state index in [1.807, 2.05) is 6.92 Å². The highest BCUT2D eigenvalue weighted by molar-refractivity contribution is 8.01. The van der Waals surface area contributed by atoms with Crippen LogP contribution in [0.5, 0.6) is 0 Å². The van der Waals surface area contributed by atoms with Crippen molar-refractivity contribution >= 4 is 29.6 Å². The second kappa shape index (κ2) is 5.37. The van der Waals surface area contributed by atoms with Gasteiger partial charge in [-0.05, 0) is 29.7 Å². The van der Waals surface area contributed by atoms with E-state index < -0.39 is 5.82 Å². The van der Waals surface area contributed by atoms with Gasteiger partial charge in [0.1, 0.15) is 11.6 Å². The number of aryl methyl sites for hydroxylation is 1. The van der Waals surface area contributed by atoms with Crippen LogP contribution >= 0.6 is 23.3 Å². The first-order valence-corrected chi connectivity index (χ1v) is 6.57. The number of carbonyl (C=O) groups is 1. The van der Waals surface area contributed by atoms with Crippen LogP contribution < -0.4 is 0 Å². The first-order chi connectivity index (χ1) is 8.22. The van der Waals surface area contributed by atoms with Gasteiger partial charge in [0.15, 0.2) is 10.6 Å². The quantitative estimate of drug-likeness (QED) is 0.799. The third kappa shape index (κ3) is 2.89. The summed E-state index contributed by atoms with van der Waals surface area (Å²) in [5, 5.41) is 0. The summed E-state index contributed by atoms with van der Waals surface area (Å²) < 4.78 is 17.9. The Morgan fingerprint density at radius 3 is 3.00 bits per heavy atom. The molecule has 2 aromatic rings. The van der Waals surface area contributed by atoms with Crippen LogP contribution in [0.4, 0.5) is 4.39 Å². The Kier molecular flexibility index (Phi) is 3.86. The molecule has 0 atom stereocenters. The number of aldehydes is 1. The molecule has 0 aliphatic rings. The molecular weight excluding hydrogens is 259 g/mol. The zero-order valence-corrected chi connectivity index (χ0v) is 10.6. The first-order valence-electron chi connectivity index (χ1n) is 4.98. The fourth-order valence-electron chi connectivity index (χ4n) is 1.22. The van der Waals surface area contributed by atoms with Gasteiger partial charge in [0.05, 0.1) is 0 Å². The maximum atomic E-state index is 12.9. The van der Waals surface area contributed by atoms with E-state index in [0.717, 1.165) is 16.6 Å². The molecular formula is C11H9FN2OS2. The van der Waals surface area contributed by atoms with Crippen LogP contribution in [0.1, 0.15) is 23.1 Å². The van der Waals surface area contributed by atoms with E-state index in [2.05, 4.69) is 9.36 Å². The molecule has 3 nitrogen and oxygen atoms in total. The minimum atomic E-state index is -0.414. The third-order valence-corrected chi connectivity index (χ3v) is 3.94. The molecule has 0 spiro atoms. The fourth-order valence-corrected chi connectivity index (χ4v) is 2.95. The van der Waals surface area contributed by atoms with Crippen LogP contribution in [0, 0.1) is 5.82 Å². The second-order valence-electron chi connectivity index (χ2n) is 3.23. The average molecular weight is 268 g/mol. The highest BCUT2D eigenvalue weighted by atomic mass is 32.2. The molecule has 1 heterocycles. The van der Waals surface area contributed by atoms with Crippen molar-refractivity contribution in [1.29, 1.82) is 0 Å². The maximum absolute atomic E-state index is 12.9. The van der Waals surface area contributed by atoms with Crippen molar-refractivity contribution in [3.05, 3.63) is 35.4 Å². The van der Waals surface area contributed by atoms with Crippen molar-refractivity contribution in [3.63, 3.8) is 0 Å². The first kappa shape index (κ1) is 12.2. The van der Waals surface area contributed by atoms with E-state index in [-0.39, 0.29) is 0 Å². The molecule has 88 valence electrons. The van der Waals surface area contributed by atoms with Gasteiger partial charge in [-0.3, -0.25) is 4.79 Å². The van der Waals surface area contributed by atoms with E-state index in [1.165, 1.54) is 35.4 Å². The van der Waals surface area contributed by atoms with Gasteiger partial charge >= 0.3 is 0 Å². The summed E-state index contributed by atoms with van der Waals surface area (Å²) in [6.45, 7) is 1.98. The van der Waals surface area contributed by atoms with Gasteiger partial charge in [-0.15, -0.1) is 0 Å². The van der Waals surface area contributed by atoms with Gasteiger partial charge < -0.3 is 0 Å². The summed E-state index contributed by atoms with van der Waals surface area (Å²) in [6, 6.07) is 4.13. The van der Waals surface area contributed by atoms with Crippen molar-refractivity contribution in [3.8, 4) is 0 Å². The smallest absolute Gasteiger partial charge is 0.174 e. The van der Waals surface area contributed by atoms with Crippen LogP contribution in [0.25, 0.3) is 0 Å². The van der Waals surface area contributed by atoms with Gasteiger partial charge in [-0.1, -0.05) is 18.7 Å². The van der Waals surface area contributed by atoms with Crippen LogP contribution in [0.2, 0.25) is 0 Å². The van der Waals surface area contributed by atoms with Crippen LogP contribution in [-0.4, -0.2) is 15.6 Å². The lowest BCUT2D eigenvalue weighted by atomic mass is 10.2. The summed E-state index contributed by atoms with van der Waals surface area (Å²) in [4.78, 5) is 15.8. The van der Waals surface area contributed by atoms with E-state index >= 15 is 0 Å². The van der Waals surface area contributed by atoms with Crippen molar-refractivity contribution < 1.29 is 9.18 Å². The second-order valence-corrected chi connectivity index (χ2v) is 5.27. The zero-order chi connectivity index (χ0) is 12.3. The van der Waals surface area contributed by atoms with Crippen molar-refractivity contribution in [2.24, 2.45) is 0 Å².